The molecule has 1 aliphatic rings. The smallest absolute Gasteiger partial charge is 0.326 e. The first-order valence-electron chi connectivity index (χ1n) is 9.51. The van der Waals surface area contributed by atoms with Crippen LogP contribution in [0.1, 0.15) is 52.8 Å². The number of aromatic nitrogens is 3. The molecule has 2 aromatic heterocycles. The lowest BCUT2D eigenvalue weighted by Gasteiger charge is -2.26. The van der Waals surface area contributed by atoms with E-state index in [1.54, 1.807) is 40.0 Å². The second-order valence-corrected chi connectivity index (χ2v) is 8.58. The van der Waals surface area contributed by atoms with Crippen LogP contribution < -0.4 is 5.69 Å². The Morgan fingerprint density at radius 3 is 2.79 bits per heavy atom. The molecule has 0 bridgehead atoms. The summed E-state index contributed by atoms with van der Waals surface area (Å²) >= 11 is 1.57. The van der Waals surface area contributed by atoms with Crippen LogP contribution in [-0.4, -0.2) is 43.6 Å². The summed E-state index contributed by atoms with van der Waals surface area (Å²) in [5, 5.41) is 12.7. The van der Waals surface area contributed by atoms with Gasteiger partial charge in [-0.15, -0.1) is 11.3 Å². The van der Waals surface area contributed by atoms with Crippen LogP contribution in [0, 0.1) is 6.92 Å². The van der Waals surface area contributed by atoms with Crippen molar-refractivity contribution in [3.05, 3.63) is 50.3 Å². The average molecular weight is 401 g/mol. The molecule has 1 aliphatic carbocycles. The van der Waals surface area contributed by atoms with Crippen LogP contribution >= 0.6 is 11.3 Å². The number of aliphatic hydroxyl groups is 1. The van der Waals surface area contributed by atoms with Gasteiger partial charge in [0.05, 0.1) is 34.4 Å². The fraction of sp³-hybridized carbons (Fsp3) is 0.450. The zero-order valence-corrected chi connectivity index (χ0v) is 16.8. The van der Waals surface area contributed by atoms with Crippen molar-refractivity contribution >= 4 is 28.3 Å². The number of benzene rings is 1. The molecule has 7 nitrogen and oxygen atoms in total. The van der Waals surface area contributed by atoms with E-state index in [4.69, 9.17) is 0 Å². The van der Waals surface area contributed by atoms with Crippen molar-refractivity contribution in [2.75, 3.05) is 7.05 Å². The number of hydrogen-bond donors (Lipinski definition) is 2. The Hall–Kier alpha value is -2.45. The number of imidazole rings is 1. The lowest BCUT2D eigenvalue weighted by Crippen LogP contribution is -2.27. The highest BCUT2D eigenvalue weighted by Crippen LogP contribution is 2.30. The number of amides is 1. The Kier molecular flexibility index (Phi) is 5.07. The third kappa shape index (κ3) is 3.62. The van der Waals surface area contributed by atoms with Crippen LogP contribution in [0.25, 0.3) is 11.0 Å². The van der Waals surface area contributed by atoms with Gasteiger partial charge in [0.1, 0.15) is 0 Å². The molecular formula is C20H24N4O3S. The van der Waals surface area contributed by atoms with Crippen LogP contribution in [0.4, 0.5) is 0 Å². The summed E-state index contributed by atoms with van der Waals surface area (Å²) in [6, 6.07) is 5.44. The van der Waals surface area contributed by atoms with E-state index in [9.17, 15) is 14.7 Å². The van der Waals surface area contributed by atoms with Gasteiger partial charge in [-0.2, -0.15) is 0 Å². The summed E-state index contributed by atoms with van der Waals surface area (Å²) in [7, 11) is 1.75. The summed E-state index contributed by atoms with van der Waals surface area (Å²) in [6.07, 6.45) is 2.72. The molecule has 0 unspecified atom stereocenters. The predicted molar refractivity (Wildman–Crippen MR) is 109 cm³/mol. The molecule has 0 aliphatic heterocycles. The quantitative estimate of drug-likeness (QED) is 0.704. The van der Waals surface area contributed by atoms with Crippen molar-refractivity contribution in [2.45, 2.75) is 51.3 Å². The van der Waals surface area contributed by atoms with Crippen LogP contribution in [0.15, 0.2) is 28.4 Å². The normalized spacial score (nSPS) is 19.8. The molecule has 148 valence electrons. The van der Waals surface area contributed by atoms with E-state index >= 15 is 0 Å². The summed E-state index contributed by atoms with van der Waals surface area (Å²) in [4.78, 5) is 34.2. The topological polar surface area (TPSA) is 91.2 Å². The van der Waals surface area contributed by atoms with Crippen molar-refractivity contribution in [3.63, 3.8) is 0 Å². The minimum absolute atomic E-state index is 0.0850. The molecule has 8 heteroatoms. The zero-order valence-electron chi connectivity index (χ0n) is 16.0. The standard InChI is InChI=1S/C20H24N4O3S/c1-12-21-14(11-28-12)10-23(2)19(26)13-3-8-18-17(9-13)22-20(27)24(18)15-4-6-16(25)7-5-15/h3,8-9,11,15-16,25H,4-7,10H2,1-2H3,(H,22,27). The monoisotopic (exact) mass is 400 g/mol. The number of aromatic amines is 1. The Balaban J connectivity index is 1.58. The van der Waals surface area contributed by atoms with Gasteiger partial charge in [-0.05, 0) is 50.8 Å². The number of rotatable bonds is 4. The van der Waals surface area contributed by atoms with Crippen molar-refractivity contribution in [1.29, 1.82) is 0 Å². The Morgan fingerprint density at radius 1 is 1.36 bits per heavy atom. The maximum atomic E-state index is 12.8. The highest BCUT2D eigenvalue weighted by Gasteiger charge is 2.24. The second kappa shape index (κ2) is 7.52. The Morgan fingerprint density at radius 2 is 2.11 bits per heavy atom. The SMILES string of the molecule is Cc1nc(CN(C)C(=O)c2ccc3c(c2)[nH]c(=O)n3C2CCC(O)CC2)cs1. The number of aliphatic hydroxyl groups excluding tert-OH is 1. The minimum Gasteiger partial charge on any atom is -0.393 e. The molecule has 1 saturated carbocycles. The third-order valence-corrected chi connectivity index (χ3v) is 6.23. The summed E-state index contributed by atoms with van der Waals surface area (Å²) in [5.41, 5.74) is 2.72. The number of thiazole rings is 1. The van der Waals surface area contributed by atoms with Crippen LogP contribution in [0.3, 0.4) is 0 Å². The van der Waals surface area contributed by atoms with Gasteiger partial charge in [0.2, 0.25) is 0 Å². The largest absolute Gasteiger partial charge is 0.393 e. The lowest BCUT2D eigenvalue weighted by atomic mass is 9.93. The summed E-state index contributed by atoms with van der Waals surface area (Å²) < 4.78 is 1.78. The number of hydrogen-bond acceptors (Lipinski definition) is 5. The van der Waals surface area contributed by atoms with Gasteiger partial charge in [0.15, 0.2) is 0 Å². The van der Waals surface area contributed by atoms with Crippen LogP contribution in [0.2, 0.25) is 0 Å². The Labute approximate surface area is 166 Å². The molecule has 4 rings (SSSR count). The predicted octanol–water partition coefficient (Wildman–Crippen LogP) is 2.84. The van der Waals surface area contributed by atoms with Gasteiger partial charge in [-0.25, -0.2) is 9.78 Å². The fourth-order valence-corrected chi connectivity index (χ4v) is 4.56. The molecule has 0 atom stereocenters. The second-order valence-electron chi connectivity index (χ2n) is 7.51. The first-order chi connectivity index (χ1) is 13.4. The number of H-pyrrole nitrogens is 1. The van der Waals surface area contributed by atoms with Gasteiger partial charge in [-0.1, -0.05) is 0 Å². The number of carbonyl (C=O) groups excluding carboxylic acids is 1. The molecule has 1 aromatic carbocycles. The lowest BCUT2D eigenvalue weighted by molar-refractivity contribution is 0.0783. The first kappa shape index (κ1) is 18.9. The summed E-state index contributed by atoms with van der Waals surface area (Å²) in [5.74, 6) is -0.109. The number of nitrogens with one attached hydrogen (secondary N) is 1. The van der Waals surface area contributed by atoms with E-state index in [2.05, 4.69) is 9.97 Å². The van der Waals surface area contributed by atoms with E-state index in [0.29, 0.717) is 30.5 Å². The van der Waals surface area contributed by atoms with Gasteiger partial charge in [0.25, 0.3) is 5.91 Å². The van der Waals surface area contributed by atoms with Crippen molar-refractivity contribution in [1.82, 2.24) is 19.4 Å². The van der Waals surface area contributed by atoms with E-state index in [0.717, 1.165) is 29.1 Å². The van der Waals surface area contributed by atoms with Crippen LogP contribution in [-0.2, 0) is 6.54 Å². The highest BCUT2D eigenvalue weighted by atomic mass is 32.1. The molecule has 3 aromatic rings. The fourth-order valence-electron chi connectivity index (χ4n) is 3.96. The van der Waals surface area contributed by atoms with E-state index in [1.165, 1.54) is 0 Å². The maximum absolute atomic E-state index is 12.8. The van der Waals surface area contributed by atoms with Gasteiger partial charge >= 0.3 is 5.69 Å². The number of fused-ring (bicyclic) bond motifs is 1. The van der Waals surface area contributed by atoms with Crippen molar-refractivity contribution in [3.8, 4) is 0 Å². The molecule has 0 spiro atoms. The maximum Gasteiger partial charge on any atom is 0.326 e. The molecule has 0 saturated heterocycles. The highest BCUT2D eigenvalue weighted by molar-refractivity contribution is 7.09. The molecule has 28 heavy (non-hydrogen) atoms. The molecule has 2 N–H and O–H groups in total. The zero-order chi connectivity index (χ0) is 19.8. The van der Waals surface area contributed by atoms with Gasteiger partial charge < -0.3 is 15.0 Å². The Bertz CT molecular complexity index is 1060. The third-order valence-electron chi connectivity index (χ3n) is 5.41. The first-order valence-corrected chi connectivity index (χ1v) is 10.4. The average Bonchev–Trinajstić information content (AvgIpc) is 3.23. The van der Waals surface area contributed by atoms with Crippen molar-refractivity contribution in [2.24, 2.45) is 0 Å². The van der Waals surface area contributed by atoms with E-state index in [1.807, 2.05) is 18.4 Å². The number of aryl methyl sites for hydroxylation is 1. The number of nitrogens with zero attached hydrogens (tertiary/aromatic N) is 3. The van der Waals surface area contributed by atoms with Gasteiger partial charge in [0, 0.05) is 24.0 Å². The van der Waals surface area contributed by atoms with E-state index in [-0.39, 0.29) is 23.7 Å². The van der Waals surface area contributed by atoms with Crippen LogP contribution in [0.5, 0.6) is 0 Å². The summed E-state index contributed by atoms with van der Waals surface area (Å²) in [6.45, 7) is 2.39. The molecular weight excluding hydrogens is 376 g/mol. The van der Waals surface area contributed by atoms with Gasteiger partial charge in [-0.3, -0.25) is 9.36 Å². The number of carbonyl (C=O) groups is 1. The molecule has 0 radical (unpaired) electrons. The molecule has 1 amide bonds. The van der Waals surface area contributed by atoms with Crippen molar-refractivity contribution < 1.29 is 9.90 Å². The molecule has 2 heterocycles. The minimum atomic E-state index is -0.265. The van der Waals surface area contributed by atoms with E-state index < -0.39 is 0 Å². The molecule has 1 fully saturated rings.